The van der Waals surface area contributed by atoms with Gasteiger partial charge < -0.3 is 14.9 Å². The number of aliphatic hydroxyl groups is 2. The van der Waals surface area contributed by atoms with E-state index in [0.717, 1.165) is 10.0 Å². The van der Waals surface area contributed by atoms with Crippen molar-refractivity contribution in [2.24, 2.45) is 0 Å². The third-order valence-corrected chi connectivity index (χ3v) is 4.52. The van der Waals surface area contributed by atoms with E-state index in [1.54, 1.807) is 0 Å². The van der Waals surface area contributed by atoms with Crippen LogP contribution in [0, 0.1) is 0 Å². The molecular formula is C13H23NO3S2. The topological polar surface area (TPSA) is 62.6 Å². The lowest BCUT2D eigenvalue weighted by atomic mass is 10.1. The molecule has 1 heterocycles. The van der Waals surface area contributed by atoms with Gasteiger partial charge in [-0.2, -0.15) is 0 Å². The first kappa shape index (κ1) is 16.9. The number of thiazole rings is 1. The summed E-state index contributed by atoms with van der Waals surface area (Å²) < 4.78 is 6.00. The normalized spacial score (nSPS) is 14.7. The molecular weight excluding hydrogens is 282 g/mol. The van der Waals surface area contributed by atoms with Crippen LogP contribution in [0.3, 0.4) is 0 Å². The fourth-order valence-corrected chi connectivity index (χ4v) is 3.64. The smallest absolute Gasteiger partial charge is 0.169 e. The van der Waals surface area contributed by atoms with Crippen LogP contribution in [0.4, 0.5) is 0 Å². The highest BCUT2D eigenvalue weighted by Gasteiger charge is 2.34. The molecule has 1 aromatic heterocycles. The fourth-order valence-electron chi connectivity index (χ4n) is 1.32. The lowest BCUT2D eigenvalue weighted by Gasteiger charge is -2.33. The van der Waals surface area contributed by atoms with Crippen LogP contribution in [-0.4, -0.2) is 38.4 Å². The second-order valence-electron chi connectivity index (χ2n) is 5.87. The monoisotopic (exact) mass is 305 g/mol. The highest BCUT2D eigenvalue weighted by Crippen LogP contribution is 2.38. The molecule has 110 valence electrons. The molecule has 0 aliphatic heterocycles. The van der Waals surface area contributed by atoms with Crippen molar-refractivity contribution in [2.75, 3.05) is 6.61 Å². The molecule has 4 nitrogen and oxygen atoms in total. The van der Waals surface area contributed by atoms with Gasteiger partial charge in [0.15, 0.2) is 10.6 Å². The van der Waals surface area contributed by atoms with Crippen molar-refractivity contribution in [1.82, 2.24) is 4.98 Å². The van der Waals surface area contributed by atoms with E-state index in [2.05, 4.69) is 4.98 Å². The van der Waals surface area contributed by atoms with Crippen LogP contribution in [0.5, 0.6) is 0 Å². The quantitative estimate of drug-likeness (QED) is 0.625. The summed E-state index contributed by atoms with van der Waals surface area (Å²) in [6.45, 7) is 9.72. The Bertz CT molecular complexity index is 399. The maximum absolute atomic E-state index is 10.2. The molecule has 0 aliphatic rings. The molecule has 1 atom stereocenters. The molecule has 2 N–H and O–H groups in total. The molecule has 0 fully saturated rings. The van der Waals surface area contributed by atoms with Crippen molar-refractivity contribution in [2.45, 2.75) is 62.0 Å². The van der Waals surface area contributed by atoms with E-state index in [0.29, 0.717) is 6.42 Å². The first-order chi connectivity index (χ1) is 8.64. The molecule has 6 heteroatoms. The molecule has 0 aliphatic carbocycles. The molecule has 0 amide bonds. The van der Waals surface area contributed by atoms with Crippen molar-refractivity contribution in [3.63, 3.8) is 0 Å². The minimum Gasteiger partial charge on any atom is -0.396 e. The van der Waals surface area contributed by atoms with Crippen LogP contribution >= 0.6 is 23.1 Å². The van der Waals surface area contributed by atoms with Gasteiger partial charge in [0.05, 0.1) is 16.0 Å². The summed E-state index contributed by atoms with van der Waals surface area (Å²) in [7, 11) is 0. The Hall–Kier alpha value is -0.140. The zero-order valence-corrected chi connectivity index (χ0v) is 13.8. The summed E-state index contributed by atoms with van der Waals surface area (Å²) in [5, 5.41) is 21.0. The molecule has 1 aromatic rings. The Morgan fingerprint density at radius 3 is 2.53 bits per heavy atom. The van der Waals surface area contributed by atoms with Crippen molar-refractivity contribution < 1.29 is 14.9 Å². The van der Waals surface area contributed by atoms with Crippen LogP contribution in [-0.2, 0) is 11.2 Å². The minimum atomic E-state index is -0.873. The van der Waals surface area contributed by atoms with Crippen LogP contribution in [0.2, 0.25) is 0 Å². The zero-order valence-electron chi connectivity index (χ0n) is 12.1. The number of nitrogens with zero attached hydrogens (tertiary/aromatic N) is 1. The number of rotatable bonds is 6. The molecule has 1 rings (SSSR count). The standard InChI is InChI=1S/C13H23NO3S2/c1-12(2,3)17-10(16)13(4,5)19-11-14-9(6-7-15)8-18-11/h8,10,15-16H,6-7H2,1-5H3. The highest BCUT2D eigenvalue weighted by atomic mass is 32.2. The predicted molar refractivity (Wildman–Crippen MR) is 79.7 cm³/mol. The van der Waals surface area contributed by atoms with E-state index in [4.69, 9.17) is 9.84 Å². The van der Waals surface area contributed by atoms with E-state index in [9.17, 15) is 5.11 Å². The average Bonchev–Trinajstić information content (AvgIpc) is 2.62. The number of aromatic nitrogens is 1. The Morgan fingerprint density at radius 1 is 1.37 bits per heavy atom. The highest BCUT2D eigenvalue weighted by molar-refractivity contribution is 8.02. The van der Waals surface area contributed by atoms with E-state index in [1.165, 1.54) is 23.1 Å². The van der Waals surface area contributed by atoms with Gasteiger partial charge in [-0.15, -0.1) is 11.3 Å². The summed E-state index contributed by atoms with van der Waals surface area (Å²) in [6, 6.07) is 0. The first-order valence-corrected chi connectivity index (χ1v) is 7.94. The summed E-state index contributed by atoms with van der Waals surface area (Å²) in [5.41, 5.74) is 0.499. The minimum absolute atomic E-state index is 0.104. The van der Waals surface area contributed by atoms with Gasteiger partial charge in [-0.3, -0.25) is 0 Å². The predicted octanol–water partition coefficient (Wildman–Crippen LogP) is 2.68. The maximum atomic E-state index is 10.2. The van der Waals surface area contributed by atoms with Crippen LogP contribution in [0.1, 0.15) is 40.3 Å². The third kappa shape index (κ3) is 5.79. The van der Waals surface area contributed by atoms with Gasteiger partial charge in [-0.25, -0.2) is 4.98 Å². The third-order valence-electron chi connectivity index (χ3n) is 2.31. The largest absolute Gasteiger partial charge is 0.396 e. The SMILES string of the molecule is CC(C)(C)OC(O)C(C)(C)Sc1nc(CCO)cs1. The summed E-state index contributed by atoms with van der Waals surface area (Å²) in [4.78, 5) is 4.42. The summed E-state index contributed by atoms with van der Waals surface area (Å²) in [6.07, 6.45) is -0.305. The van der Waals surface area contributed by atoms with Gasteiger partial charge in [0, 0.05) is 18.4 Å². The molecule has 0 bridgehead atoms. The molecule has 0 saturated carbocycles. The van der Waals surface area contributed by atoms with Crippen LogP contribution in [0.15, 0.2) is 9.72 Å². The van der Waals surface area contributed by atoms with Crippen molar-refractivity contribution >= 4 is 23.1 Å². The Balaban J connectivity index is 2.66. The molecule has 19 heavy (non-hydrogen) atoms. The molecule has 0 radical (unpaired) electrons. The van der Waals surface area contributed by atoms with E-state index >= 15 is 0 Å². The summed E-state index contributed by atoms with van der Waals surface area (Å²) in [5.74, 6) is 0. The Labute approximate surface area is 123 Å². The van der Waals surface area contributed by atoms with E-state index < -0.39 is 11.0 Å². The Morgan fingerprint density at radius 2 is 2.00 bits per heavy atom. The number of hydrogen-bond acceptors (Lipinski definition) is 6. The van der Waals surface area contributed by atoms with E-state index in [1.807, 2.05) is 40.0 Å². The summed E-state index contributed by atoms with van der Waals surface area (Å²) >= 11 is 3.02. The average molecular weight is 305 g/mol. The second kappa shape index (κ2) is 6.54. The fraction of sp³-hybridized carbons (Fsp3) is 0.769. The van der Waals surface area contributed by atoms with Crippen molar-refractivity contribution in [3.8, 4) is 0 Å². The van der Waals surface area contributed by atoms with E-state index in [-0.39, 0.29) is 12.2 Å². The molecule has 0 aromatic carbocycles. The van der Waals surface area contributed by atoms with Crippen LogP contribution in [0.25, 0.3) is 0 Å². The van der Waals surface area contributed by atoms with Crippen molar-refractivity contribution in [1.29, 1.82) is 0 Å². The maximum Gasteiger partial charge on any atom is 0.169 e. The Kier molecular flexibility index (Phi) is 5.82. The molecule has 0 spiro atoms. The van der Waals surface area contributed by atoms with Gasteiger partial charge in [-0.1, -0.05) is 11.8 Å². The van der Waals surface area contributed by atoms with Gasteiger partial charge in [0.2, 0.25) is 0 Å². The number of aliphatic hydroxyl groups excluding tert-OH is 2. The lowest BCUT2D eigenvalue weighted by molar-refractivity contribution is -0.177. The van der Waals surface area contributed by atoms with Gasteiger partial charge in [0.25, 0.3) is 0 Å². The van der Waals surface area contributed by atoms with Gasteiger partial charge >= 0.3 is 0 Å². The van der Waals surface area contributed by atoms with Crippen LogP contribution < -0.4 is 0 Å². The van der Waals surface area contributed by atoms with Gasteiger partial charge in [-0.05, 0) is 34.6 Å². The van der Waals surface area contributed by atoms with Gasteiger partial charge in [0.1, 0.15) is 0 Å². The number of ether oxygens (including phenoxy) is 1. The molecule has 1 unspecified atom stereocenters. The zero-order chi connectivity index (χ0) is 14.7. The number of hydrogen-bond donors (Lipinski definition) is 2. The second-order valence-corrected chi connectivity index (χ2v) is 8.63. The number of thioether (sulfide) groups is 1. The molecule has 0 saturated heterocycles. The van der Waals surface area contributed by atoms with Crippen molar-refractivity contribution in [3.05, 3.63) is 11.1 Å². The lowest BCUT2D eigenvalue weighted by Crippen LogP contribution is -2.40. The first-order valence-electron chi connectivity index (χ1n) is 6.24.